The van der Waals surface area contributed by atoms with Gasteiger partial charge in [0.1, 0.15) is 17.3 Å². The van der Waals surface area contributed by atoms with E-state index in [0.29, 0.717) is 5.75 Å². The van der Waals surface area contributed by atoms with Gasteiger partial charge in [-0.3, -0.25) is 4.90 Å². The number of hydrogen-bond donors (Lipinski definition) is 1. The summed E-state index contributed by atoms with van der Waals surface area (Å²) in [6, 6.07) is 5.10. The van der Waals surface area contributed by atoms with Crippen molar-refractivity contribution in [2.45, 2.75) is 4.90 Å². The number of thioether (sulfide) groups is 1. The summed E-state index contributed by atoms with van der Waals surface area (Å²) in [6.45, 7) is 0. The fraction of sp³-hybridized carbons (Fsp3) is 0.111. The Hall–Kier alpha value is -1.36. The third kappa shape index (κ3) is 1.29. The Bertz CT molecular complexity index is 381. The number of nitrogens with zero attached hydrogens (tertiary/aromatic N) is 1. The molecule has 1 aromatic rings. The molecule has 0 saturated heterocycles. The van der Waals surface area contributed by atoms with Crippen molar-refractivity contribution in [3.63, 3.8) is 0 Å². The quantitative estimate of drug-likeness (QED) is 0.767. The molecule has 0 fully saturated rings. The van der Waals surface area contributed by atoms with Crippen molar-refractivity contribution in [1.82, 2.24) is 0 Å². The van der Waals surface area contributed by atoms with E-state index in [1.54, 1.807) is 19.1 Å². The fourth-order valence-corrected chi connectivity index (χ4v) is 2.22. The lowest BCUT2D eigenvalue weighted by atomic mass is 10.3. The Morgan fingerprint density at radius 1 is 1.57 bits per heavy atom. The lowest BCUT2D eigenvalue weighted by Crippen LogP contribution is -2.30. The summed E-state index contributed by atoms with van der Waals surface area (Å²) in [6.07, 6.45) is 0. The van der Waals surface area contributed by atoms with Crippen LogP contribution in [0.2, 0.25) is 0 Å². The molecule has 2 rings (SSSR count). The summed E-state index contributed by atoms with van der Waals surface area (Å²) in [4.78, 5) is 13.4. The number of hydrogen-bond acceptors (Lipinski definition) is 3. The van der Waals surface area contributed by atoms with Crippen LogP contribution in [0.15, 0.2) is 23.1 Å². The highest BCUT2D eigenvalue weighted by molar-refractivity contribution is 8.02. The molecule has 4 nitrogen and oxygen atoms in total. The first-order chi connectivity index (χ1) is 6.74. The number of amides is 2. The van der Waals surface area contributed by atoms with Gasteiger partial charge in [0.15, 0.2) is 0 Å². The van der Waals surface area contributed by atoms with Gasteiger partial charge < -0.3 is 10.5 Å². The van der Waals surface area contributed by atoms with E-state index in [1.165, 1.54) is 16.7 Å². The Kier molecular flexibility index (Phi) is 2.25. The van der Waals surface area contributed by atoms with Gasteiger partial charge in [0.25, 0.3) is 0 Å². The maximum atomic E-state index is 11.1. The van der Waals surface area contributed by atoms with Gasteiger partial charge in [-0.2, -0.15) is 0 Å². The number of carbonyl (C=O) groups excluding carboxylic acids is 1. The highest BCUT2D eigenvalue weighted by Crippen LogP contribution is 2.46. The van der Waals surface area contributed by atoms with Gasteiger partial charge in [-0.05, 0) is 12.1 Å². The molecule has 2 amide bonds. The van der Waals surface area contributed by atoms with Crippen molar-refractivity contribution in [3.8, 4) is 5.75 Å². The molecule has 1 heterocycles. The zero-order valence-electron chi connectivity index (χ0n) is 7.56. The molecule has 0 saturated carbocycles. The molecule has 1 aromatic carbocycles. The van der Waals surface area contributed by atoms with Crippen LogP contribution in [0.25, 0.3) is 0 Å². The van der Waals surface area contributed by atoms with E-state index in [9.17, 15) is 4.79 Å². The number of para-hydroxylation sites is 1. The van der Waals surface area contributed by atoms with Crippen molar-refractivity contribution in [2.24, 2.45) is 5.73 Å². The third-order valence-electron chi connectivity index (χ3n) is 1.95. The van der Waals surface area contributed by atoms with E-state index < -0.39 is 6.03 Å². The Labute approximate surface area is 86.0 Å². The van der Waals surface area contributed by atoms with Gasteiger partial charge in [0.05, 0.1) is 7.11 Å². The number of nitrogens with two attached hydrogens (primary N) is 1. The first-order valence-electron chi connectivity index (χ1n) is 3.99. The lowest BCUT2D eigenvalue weighted by molar-refractivity contribution is 0.255. The fourth-order valence-electron chi connectivity index (χ4n) is 1.32. The molecule has 14 heavy (non-hydrogen) atoms. The summed E-state index contributed by atoms with van der Waals surface area (Å²) in [7, 11) is 1.57. The maximum Gasteiger partial charge on any atom is 0.320 e. The molecule has 0 unspecified atom stereocenters. The van der Waals surface area contributed by atoms with Crippen LogP contribution in [0.1, 0.15) is 0 Å². The van der Waals surface area contributed by atoms with E-state index in [4.69, 9.17) is 10.5 Å². The lowest BCUT2D eigenvalue weighted by Gasteiger charge is -2.15. The van der Waals surface area contributed by atoms with E-state index in [1.807, 2.05) is 12.1 Å². The molecule has 73 valence electrons. The summed E-state index contributed by atoms with van der Waals surface area (Å²) in [5.41, 5.74) is 5.95. The van der Waals surface area contributed by atoms with E-state index in [0.717, 1.165) is 10.6 Å². The average Bonchev–Trinajstić information content (AvgIpc) is 2.60. The first kappa shape index (κ1) is 9.21. The van der Waals surface area contributed by atoms with Crippen LogP contribution in [0, 0.1) is 5.88 Å². The molecular formula is C9H9N2O2S. The van der Waals surface area contributed by atoms with Gasteiger partial charge in [-0.1, -0.05) is 17.8 Å². The SMILES string of the molecule is COc1cccc2c1N(C(N)=O)[CH]S2. The Morgan fingerprint density at radius 2 is 2.36 bits per heavy atom. The third-order valence-corrected chi connectivity index (χ3v) is 2.84. The number of carbonyl (C=O) groups is 1. The summed E-state index contributed by atoms with van der Waals surface area (Å²) in [5, 5.41) is 0. The van der Waals surface area contributed by atoms with Crippen molar-refractivity contribution in [1.29, 1.82) is 0 Å². The second-order valence-corrected chi connectivity index (χ2v) is 3.62. The normalized spacial score (nSPS) is 13.9. The largest absolute Gasteiger partial charge is 0.495 e. The standard InChI is InChI=1S/C9H9N2O2S/c1-13-6-3-2-4-7-8(6)11(5-14-7)9(10)12/h2-5H,1H3,(H2,10,12). The van der Waals surface area contributed by atoms with Crippen LogP contribution in [0.4, 0.5) is 10.5 Å². The highest BCUT2D eigenvalue weighted by Gasteiger charge is 2.27. The zero-order valence-corrected chi connectivity index (χ0v) is 8.38. The van der Waals surface area contributed by atoms with Crippen LogP contribution >= 0.6 is 11.8 Å². The number of ether oxygens (including phenoxy) is 1. The molecule has 0 aliphatic carbocycles. The van der Waals surface area contributed by atoms with Crippen molar-refractivity contribution >= 4 is 23.5 Å². The molecule has 2 N–H and O–H groups in total. The minimum Gasteiger partial charge on any atom is -0.495 e. The summed E-state index contributed by atoms with van der Waals surface area (Å²) < 4.78 is 5.15. The van der Waals surface area contributed by atoms with Crippen molar-refractivity contribution in [3.05, 3.63) is 24.1 Å². The number of urea groups is 1. The van der Waals surface area contributed by atoms with Crippen LogP contribution in [0.5, 0.6) is 5.75 Å². The van der Waals surface area contributed by atoms with Gasteiger partial charge in [0.2, 0.25) is 0 Å². The smallest absolute Gasteiger partial charge is 0.320 e. The van der Waals surface area contributed by atoms with Crippen molar-refractivity contribution < 1.29 is 9.53 Å². The molecule has 5 heteroatoms. The number of benzene rings is 1. The second-order valence-electron chi connectivity index (χ2n) is 2.74. The Morgan fingerprint density at radius 3 is 3.00 bits per heavy atom. The van der Waals surface area contributed by atoms with Gasteiger partial charge in [-0.25, -0.2) is 4.79 Å². The monoisotopic (exact) mass is 209 g/mol. The molecule has 0 atom stereocenters. The minimum absolute atomic E-state index is 0.499. The van der Waals surface area contributed by atoms with Crippen molar-refractivity contribution in [2.75, 3.05) is 12.0 Å². The maximum absolute atomic E-state index is 11.1. The highest BCUT2D eigenvalue weighted by atomic mass is 32.2. The topological polar surface area (TPSA) is 55.6 Å². The molecule has 0 aromatic heterocycles. The van der Waals surface area contributed by atoms with Crippen LogP contribution in [-0.4, -0.2) is 13.1 Å². The van der Waals surface area contributed by atoms with Crippen LogP contribution in [0.3, 0.4) is 0 Å². The number of rotatable bonds is 1. The molecule has 1 radical (unpaired) electrons. The van der Waals surface area contributed by atoms with E-state index in [-0.39, 0.29) is 0 Å². The number of methoxy groups -OCH3 is 1. The number of anilines is 1. The van der Waals surface area contributed by atoms with Gasteiger partial charge in [-0.15, -0.1) is 0 Å². The first-order valence-corrected chi connectivity index (χ1v) is 4.87. The second kappa shape index (κ2) is 3.42. The van der Waals surface area contributed by atoms with E-state index >= 15 is 0 Å². The Balaban J connectivity index is 2.50. The predicted octanol–water partition coefficient (Wildman–Crippen LogP) is 1.81. The molecule has 1 aliphatic rings. The molecule has 0 spiro atoms. The van der Waals surface area contributed by atoms with E-state index in [2.05, 4.69) is 0 Å². The molecular weight excluding hydrogens is 200 g/mol. The predicted molar refractivity (Wildman–Crippen MR) is 55.2 cm³/mol. The number of fused-ring (bicyclic) bond motifs is 1. The summed E-state index contributed by atoms with van der Waals surface area (Å²) >= 11 is 1.45. The number of primary amides is 1. The van der Waals surface area contributed by atoms with Gasteiger partial charge in [0, 0.05) is 4.90 Å². The van der Waals surface area contributed by atoms with Gasteiger partial charge >= 0.3 is 6.03 Å². The van der Waals surface area contributed by atoms with Crippen LogP contribution in [-0.2, 0) is 0 Å². The van der Waals surface area contributed by atoms with Crippen LogP contribution < -0.4 is 15.4 Å². The summed E-state index contributed by atoms with van der Waals surface area (Å²) in [5.74, 6) is 2.33. The molecule has 0 bridgehead atoms. The molecule has 1 aliphatic heterocycles. The zero-order chi connectivity index (χ0) is 10.1. The minimum atomic E-state index is -0.499. The average molecular weight is 209 g/mol.